The fraction of sp³-hybridized carbons (Fsp3) is 0.351. The zero-order valence-electron chi connectivity index (χ0n) is 26.9. The summed E-state index contributed by atoms with van der Waals surface area (Å²) in [5.41, 5.74) is 5.47. The number of nitrogens with zero attached hydrogens (tertiary/aromatic N) is 5. The number of likely N-dealkylation sites (tertiary alicyclic amines) is 1. The van der Waals surface area contributed by atoms with E-state index in [1.54, 1.807) is 30.5 Å². The molecule has 0 bridgehead atoms. The Bertz CT molecular complexity index is 1900. The summed E-state index contributed by atoms with van der Waals surface area (Å²) in [7, 11) is 0. The molecule has 2 aliphatic rings. The molecule has 5 heterocycles. The molecule has 1 N–H and O–H groups in total. The molecule has 0 aliphatic carbocycles. The molecule has 7 rings (SSSR count). The Kier molecular flexibility index (Phi) is 9.65. The van der Waals surface area contributed by atoms with Crippen molar-refractivity contribution in [1.82, 2.24) is 24.4 Å². The van der Waals surface area contributed by atoms with Gasteiger partial charge in [0.05, 0.1) is 35.8 Å². The summed E-state index contributed by atoms with van der Waals surface area (Å²) in [6, 6.07) is 20.0. The maximum Gasteiger partial charge on any atom is 0.257 e. The van der Waals surface area contributed by atoms with Crippen molar-refractivity contribution in [2.75, 3.05) is 25.0 Å². The van der Waals surface area contributed by atoms with Gasteiger partial charge in [-0.1, -0.05) is 30.7 Å². The molecule has 2 saturated heterocycles. The number of aromatic nitrogens is 4. The van der Waals surface area contributed by atoms with Crippen LogP contribution in [0, 0.1) is 5.82 Å². The zero-order valence-corrected chi connectivity index (χ0v) is 27.6. The normalized spacial score (nSPS) is 16.9. The Labute approximate surface area is 284 Å². The fourth-order valence-electron chi connectivity index (χ4n) is 6.30. The summed E-state index contributed by atoms with van der Waals surface area (Å²) < 4.78 is 28.1. The van der Waals surface area contributed by atoms with Gasteiger partial charge in [0.25, 0.3) is 5.91 Å². The number of amides is 1. The van der Waals surface area contributed by atoms with Crippen LogP contribution in [0.15, 0.2) is 72.9 Å². The SMILES string of the molecule is CCc1ccc(C(=O)Nc2ccc3c(c2)nc(CN2CCC(c4cccc(OCc5ccc(Cl)cc5F)n4)CC2)n3CC2CCO2)cn1. The minimum Gasteiger partial charge on any atom is -0.473 e. The van der Waals surface area contributed by atoms with Crippen LogP contribution in [0.1, 0.15) is 65.2 Å². The number of carbonyl (C=O) groups is 1. The number of nitrogens with one attached hydrogen (secondary N) is 1. The smallest absolute Gasteiger partial charge is 0.257 e. The van der Waals surface area contributed by atoms with Gasteiger partial charge in [-0.25, -0.2) is 14.4 Å². The average molecular weight is 669 g/mol. The highest BCUT2D eigenvalue weighted by atomic mass is 35.5. The second-order valence-corrected chi connectivity index (χ2v) is 12.9. The predicted molar refractivity (Wildman–Crippen MR) is 183 cm³/mol. The zero-order chi connectivity index (χ0) is 33.0. The van der Waals surface area contributed by atoms with Gasteiger partial charge in [0.2, 0.25) is 5.88 Å². The monoisotopic (exact) mass is 668 g/mol. The van der Waals surface area contributed by atoms with Gasteiger partial charge in [-0.2, -0.15) is 0 Å². The van der Waals surface area contributed by atoms with E-state index in [2.05, 4.69) is 19.8 Å². The maximum absolute atomic E-state index is 14.2. The number of carbonyl (C=O) groups excluding carboxylic acids is 1. The summed E-state index contributed by atoms with van der Waals surface area (Å²) in [4.78, 5) is 29.5. The number of hydrogen-bond donors (Lipinski definition) is 1. The number of aryl methyl sites for hydroxylation is 1. The van der Waals surface area contributed by atoms with Gasteiger partial charge in [-0.3, -0.25) is 14.7 Å². The van der Waals surface area contributed by atoms with E-state index in [1.165, 1.54) is 6.07 Å². The topological polar surface area (TPSA) is 94.4 Å². The first-order valence-electron chi connectivity index (χ1n) is 16.5. The molecule has 1 amide bonds. The number of hydrogen-bond acceptors (Lipinski definition) is 7. The van der Waals surface area contributed by atoms with Crippen molar-refractivity contribution in [3.8, 4) is 5.88 Å². The highest BCUT2D eigenvalue weighted by Gasteiger charge is 2.26. The Morgan fingerprint density at radius 3 is 2.65 bits per heavy atom. The van der Waals surface area contributed by atoms with E-state index in [0.29, 0.717) is 40.2 Å². The van der Waals surface area contributed by atoms with E-state index in [-0.39, 0.29) is 18.6 Å². The number of rotatable bonds is 11. The van der Waals surface area contributed by atoms with E-state index >= 15 is 0 Å². The van der Waals surface area contributed by atoms with Gasteiger partial charge in [-0.15, -0.1) is 0 Å². The lowest BCUT2D eigenvalue weighted by atomic mass is 9.93. The number of halogens is 2. The number of anilines is 1. The minimum absolute atomic E-state index is 0.0863. The van der Waals surface area contributed by atoms with Crippen molar-refractivity contribution in [3.63, 3.8) is 0 Å². The van der Waals surface area contributed by atoms with Crippen LogP contribution < -0.4 is 10.1 Å². The third-order valence-electron chi connectivity index (χ3n) is 9.22. The molecule has 0 radical (unpaired) electrons. The highest BCUT2D eigenvalue weighted by Crippen LogP contribution is 2.30. The second-order valence-electron chi connectivity index (χ2n) is 12.4. The van der Waals surface area contributed by atoms with Gasteiger partial charge in [0.1, 0.15) is 18.2 Å². The van der Waals surface area contributed by atoms with E-state index in [0.717, 1.165) is 80.2 Å². The predicted octanol–water partition coefficient (Wildman–Crippen LogP) is 7.18. The lowest BCUT2D eigenvalue weighted by molar-refractivity contribution is -0.0592. The van der Waals surface area contributed by atoms with E-state index in [4.69, 9.17) is 31.0 Å². The largest absolute Gasteiger partial charge is 0.473 e. The van der Waals surface area contributed by atoms with Crippen LogP contribution in [0.5, 0.6) is 5.88 Å². The fourth-order valence-corrected chi connectivity index (χ4v) is 6.46. The molecule has 248 valence electrons. The van der Waals surface area contributed by atoms with Crippen molar-refractivity contribution in [2.24, 2.45) is 0 Å². The number of pyridine rings is 2. The molecule has 3 aromatic heterocycles. The van der Waals surface area contributed by atoms with Crippen molar-refractivity contribution in [2.45, 2.75) is 64.3 Å². The molecule has 1 unspecified atom stereocenters. The summed E-state index contributed by atoms with van der Waals surface area (Å²) in [5.74, 6) is 1.19. The number of piperidine rings is 1. The summed E-state index contributed by atoms with van der Waals surface area (Å²) in [5, 5.41) is 3.36. The van der Waals surface area contributed by atoms with E-state index < -0.39 is 5.82 Å². The first kappa shape index (κ1) is 32.2. The van der Waals surface area contributed by atoms with Crippen molar-refractivity contribution >= 4 is 34.2 Å². The van der Waals surface area contributed by atoms with Crippen LogP contribution in [0.4, 0.5) is 10.1 Å². The van der Waals surface area contributed by atoms with Crippen LogP contribution in [0.25, 0.3) is 11.0 Å². The Morgan fingerprint density at radius 1 is 1.06 bits per heavy atom. The standard InChI is InChI=1S/C37H38ClFN6O3/c1-2-28-9-7-25(20-40-28)37(46)41-29-10-11-34-33(19-29)42-35(45(34)21-30-14-17-47-30)22-44-15-12-24(13-16-44)32-4-3-5-36(43-32)48-23-26-6-8-27(38)18-31(26)39/h3-11,18-20,24,30H,2,12-17,21-23H2,1H3,(H,41,46). The molecule has 0 spiro atoms. The number of ether oxygens (including phenoxy) is 2. The maximum atomic E-state index is 14.2. The molecule has 5 aromatic rings. The number of benzene rings is 2. The van der Waals surface area contributed by atoms with Crippen LogP contribution >= 0.6 is 11.6 Å². The van der Waals surface area contributed by atoms with Gasteiger partial charge in [0, 0.05) is 52.4 Å². The van der Waals surface area contributed by atoms with Crippen molar-refractivity contribution in [3.05, 3.63) is 112 Å². The summed E-state index contributed by atoms with van der Waals surface area (Å²) in [6.07, 6.45) is 5.57. The second kappa shape index (κ2) is 14.4. The first-order chi connectivity index (χ1) is 23.4. The van der Waals surface area contributed by atoms with Gasteiger partial charge >= 0.3 is 0 Å². The van der Waals surface area contributed by atoms with Crippen LogP contribution in [0.2, 0.25) is 5.02 Å². The highest BCUT2D eigenvalue weighted by molar-refractivity contribution is 6.30. The average Bonchev–Trinajstić information content (AvgIpc) is 3.42. The molecule has 2 aliphatic heterocycles. The van der Waals surface area contributed by atoms with Gasteiger partial charge < -0.3 is 19.4 Å². The third-order valence-corrected chi connectivity index (χ3v) is 9.46. The third kappa shape index (κ3) is 7.36. The minimum atomic E-state index is -0.391. The lowest BCUT2D eigenvalue weighted by Crippen LogP contribution is -2.35. The molecular weight excluding hydrogens is 631 g/mol. The quantitative estimate of drug-likeness (QED) is 0.159. The number of imidazole rings is 1. The molecular formula is C37H38ClFN6O3. The van der Waals surface area contributed by atoms with Crippen LogP contribution in [-0.2, 0) is 30.9 Å². The van der Waals surface area contributed by atoms with Crippen LogP contribution in [0.3, 0.4) is 0 Å². The number of fused-ring (bicyclic) bond motifs is 1. The van der Waals surface area contributed by atoms with Crippen molar-refractivity contribution < 1.29 is 18.7 Å². The Hall–Kier alpha value is -4.38. The molecule has 9 nitrogen and oxygen atoms in total. The van der Waals surface area contributed by atoms with Crippen molar-refractivity contribution in [1.29, 1.82) is 0 Å². The molecule has 0 saturated carbocycles. The Balaban J connectivity index is 1.01. The molecule has 2 aromatic carbocycles. The lowest BCUT2D eigenvalue weighted by Gasteiger charge is -2.32. The van der Waals surface area contributed by atoms with Gasteiger partial charge in [-0.05, 0) is 87.3 Å². The molecule has 48 heavy (non-hydrogen) atoms. The molecule has 2 fully saturated rings. The van der Waals surface area contributed by atoms with E-state index in [1.807, 2.05) is 43.3 Å². The summed E-state index contributed by atoms with van der Waals surface area (Å²) in [6.45, 7) is 6.19. The Morgan fingerprint density at radius 2 is 1.92 bits per heavy atom. The van der Waals surface area contributed by atoms with Gasteiger partial charge in [0.15, 0.2) is 0 Å². The molecule has 11 heteroatoms. The summed E-state index contributed by atoms with van der Waals surface area (Å²) >= 11 is 5.88. The first-order valence-corrected chi connectivity index (χ1v) is 16.9. The van der Waals surface area contributed by atoms with Crippen LogP contribution in [-0.4, -0.2) is 56.1 Å². The molecule has 1 atom stereocenters. The van der Waals surface area contributed by atoms with E-state index in [9.17, 15) is 9.18 Å².